The number of anilines is 3. The fourth-order valence-corrected chi connectivity index (χ4v) is 6.34. The van der Waals surface area contributed by atoms with Crippen molar-refractivity contribution in [2.24, 2.45) is 5.92 Å². The summed E-state index contributed by atoms with van der Waals surface area (Å²) in [6.45, 7) is 9.93. The van der Waals surface area contributed by atoms with E-state index < -0.39 is 15.9 Å². The average molecular weight is 536 g/mol. The molecule has 11 heteroatoms. The molecule has 0 spiro atoms. The van der Waals surface area contributed by atoms with Gasteiger partial charge < -0.3 is 14.7 Å². The minimum absolute atomic E-state index is 0.196. The van der Waals surface area contributed by atoms with Crippen LogP contribution in [-0.2, 0) is 10.0 Å². The van der Waals surface area contributed by atoms with Gasteiger partial charge in [-0.3, -0.25) is 4.79 Å². The molecule has 0 saturated carbocycles. The summed E-state index contributed by atoms with van der Waals surface area (Å²) in [7, 11) is -4.21. The second-order valence-corrected chi connectivity index (χ2v) is 12.2. The van der Waals surface area contributed by atoms with Crippen LogP contribution in [0.25, 0.3) is 0 Å². The van der Waals surface area contributed by atoms with Crippen LogP contribution >= 0.6 is 0 Å². The number of amides is 1. The van der Waals surface area contributed by atoms with E-state index in [0.717, 1.165) is 31.9 Å². The Morgan fingerprint density at radius 2 is 1.61 bits per heavy atom. The Bertz CT molecular complexity index is 1410. The molecule has 1 atom stereocenters. The summed E-state index contributed by atoms with van der Waals surface area (Å²) in [5, 5.41) is -0.198. The molecule has 2 fully saturated rings. The largest absolute Gasteiger partial charge is 0.353 e. The lowest BCUT2D eigenvalue weighted by molar-refractivity contribution is 0.0981. The van der Waals surface area contributed by atoms with Crippen molar-refractivity contribution in [1.82, 2.24) is 19.7 Å². The summed E-state index contributed by atoms with van der Waals surface area (Å²) < 4.78 is 28.7. The third-order valence-electron chi connectivity index (χ3n) is 7.15. The molecular weight excluding hydrogens is 502 g/mol. The van der Waals surface area contributed by atoms with Gasteiger partial charge in [-0.1, -0.05) is 19.1 Å². The van der Waals surface area contributed by atoms with Crippen LogP contribution in [0.15, 0.2) is 66.0 Å². The number of nitrogens with one attached hydrogen (secondary N) is 1. The molecule has 200 valence electrons. The Kier molecular flexibility index (Phi) is 6.95. The van der Waals surface area contributed by atoms with Gasteiger partial charge in [-0.25, -0.2) is 19.7 Å². The highest BCUT2D eigenvalue weighted by Crippen LogP contribution is 2.37. The zero-order valence-electron chi connectivity index (χ0n) is 21.9. The molecule has 0 bridgehead atoms. The van der Waals surface area contributed by atoms with Gasteiger partial charge in [0.15, 0.2) is 5.03 Å². The Labute approximate surface area is 223 Å². The van der Waals surface area contributed by atoms with Gasteiger partial charge >= 0.3 is 0 Å². The highest BCUT2D eigenvalue weighted by Gasteiger charge is 2.39. The molecule has 1 N–H and O–H groups in total. The molecule has 2 aliphatic rings. The van der Waals surface area contributed by atoms with Crippen LogP contribution in [0.1, 0.15) is 37.6 Å². The Morgan fingerprint density at radius 3 is 2.26 bits per heavy atom. The first kappa shape index (κ1) is 25.9. The number of sulfonamides is 1. The third-order valence-corrected chi connectivity index (χ3v) is 8.38. The predicted octanol–water partition coefficient (Wildman–Crippen LogP) is 2.94. The van der Waals surface area contributed by atoms with Crippen molar-refractivity contribution in [2.45, 2.75) is 37.8 Å². The molecule has 0 aliphatic carbocycles. The Balaban J connectivity index is 1.31. The standard InChI is InChI=1S/C27H33N7O3S/c1-20-18-27(2,3)34(19-20)25-21(8-7-13-29-25)26(35)31-38(36,37)24-11-6-10-23(30-24)33-16-14-32(15-17-33)22-9-4-5-12-28-22/h4-13,20H,14-19H2,1-3H3,(H,31,35). The van der Waals surface area contributed by atoms with Crippen LogP contribution in [0.3, 0.4) is 0 Å². The van der Waals surface area contributed by atoms with Crippen LogP contribution in [-0.4, -0.2) is 67.5 Å². The summed E-state index contributed by atoms with van der Waals surface area (Å²) in [6.07, 6.45) is 4.35. The van der Waals surface area contributed by atoms with Gasteiger partial charge in [-0.2, -0.15) is 8.42 Å². The maximum Gasteiger partial charge on any atom is 0.281 e. The number of pyridine rings is 3. The van der Waals surface area contributed by atoms with Gasteiger partial charge in [0.25, 0.3) is 15.9 Å². The van der Waals surface area contributed by atoms with Crippen LogP contribution in [0.2, 0.25) is 0 Å². The maximum absolute atomic E-state index is 13.3. The van der Waals surface area contributed by atoms with Gasteiger partial charge in [0.1, 0.15) is 17.5 Å². The lowest BCUT2D eigenvalue weighted by Gasteiger charge is -2.36. The normalized spacial score (nSPS) is 19.4. The SMILES string of the molecule is CC1CN(c2ncccc2C(=O)NS(=O)(=O)c2cccc(N3CCN(c4ccccn4)CC3)n2)C(C)(C)C1. The maximum atomic E-state index is 13.3. The number of aromatic nitrogens is 3. The summed E-state index contributed by atoms with van der Waals surface area (Å²) >= 11 is 0. The molecule has 1 amide bonds. The summed E-state index contributed by atoms with van der Waals surface area (Å²) in [5.41, 5.74) is 0.0260. The van der Waals surface area contributed by atoms with Crippen LogP contribution in [0, 0.1) is 5.92 Å². The second-order valence-electron chi connectivity index (χ2n) is 10.5. The third kappa shape index (κ3) is 5.28. The second kappa shape index (κ2) is 10.2. The summed E-state index contributed by atoms with van der Waals surface area (Å²) in [5.74, 6) is 1.67. The minimum atomic E-state index is -4.21. The fraction of sp³-hybridized carbons (Fsp3) is 0.407. The van der Waals surface area contributed by atoms with Crippen molar-refractivity contribution >= 4 is 33.4 Å². The molecule has 2 saturated heterocycles. The summed E-state index contributed by atoms with van der Waals surface area (Å²) in [4.78, 5) is 32.8. The van der Waals surface area contributed by atoms with Crippen molar-refractivity contribution in [1.29, 1.82) is 0 Å². The molecule has 38 heavy (non-hydrogen) atoms. The van der Waals surface area contributed by atoms with Gasteiger partial charge in [0, 0.05) is 50.7 Å². The van der Waals surface area contributed by atoms with Gasteiger partial charge in [-0.15, -0.1) is 0 Å². The Hall–Kier alpha value is -3.73. The number of carbonyl (C=O) groups excluding carboxylic acids is 1. The fourth-order valence-electron chi connectivity index (χ4n) is 5.41. The van der Waals surface area contributed by atoms with Crippen LogP contribution in [0.4, 0.5) is 17.5 Å². The van der Waals surface area contributed by atoms with E-state index in [2.05, 4.69) is 50.2 Å². The highest BCUT2D eigenvalue weighted by atomic mass is 32.2. The number of hydrogen-bond acceptors (Lipinski definition) is 9. The molecule has 0 aromatic carbocycles. The van der Waals surface area contributed by atoms with Crippen molar-refractivity contribution < 1.29 is 13.2 Å². The number of carbonyl (C=O) groups is 1. The topological polar surface area (TPSA) is 112 Å². The smallest absolute Gasteiger partial charge is 0.281 e. The van der Waals surface area contributed by atoms with Crippen LogP contribution in [0.5, 0.6) is 0 Å². The minimum Gasteiger partial charge on any atom is -0.353 e. The van der Waals surface area contributed by atoms with Gasteiger partial charge in [-0.05, 0) is 62.6 Å². The molecular formula is C27H33N7O3S. The molecule has 3 aromatic rings. The molecule has 3 aromatic heterocycles. The molecule has 2 aliphatic heterocycles. The van der Waals surface area contributed by atoms with Crippen molar-refractivity contribution in [3.05, 3.63) is 66.5 Å². The summed E-state index contributed by atoms with van der Waals surface area (Å²) in [6, 6.07) is 13.9. The van der Waals surface area contributed by atoms with E-state index in [1.807, 2.05) is 23.1 Å². The number of nitrogens with zero attached hydrogens (tertiary/aromatic N) is 6. The van der Waals surface area contributed by atoms with E-state index in [1.54, 1.807) is 36.7 Å². The number of hydrogen-bond donors (Lipinski definition) is 1. The molecule has 1 unspecified atom stereocenters. The number of piperazine rings is 1. The quantitative estimate of drug-likeness (QED) is 0.509. The highest BCUT2D eigenvalue weighted by molar-refractivity contribution is 7.90. The average Bonchev–Trinajstić information content (AvgIpc) is 3.20. The molecule has 5 heterocycles. The predicted molar refractivity (Wildman–Crippen MR) is 147 cm³/mol. The van der Waals surface area contributed by atoms with E-state index in [-0.39, 0.29) is 16.1 Å². The van der Waals surface area contributed by atoms with Crippen molar-refractivity contribution in [3.63, 3.8) is 0 Å². The Morgan fingerprint density at radius 1 is 0.921 bits per heavy atom. The van der Waals surface area contributed by atoms with E-state index in [4.69, 9.17) is 0 Å². The van der Waals surface area contributed by atoms with Crippen molar-refractivity contribution in [2.75, 3.05) is 47.4 Å². The zero-order chi connectivity index (χ0) is 26.9. The number of rotatable bonds is 6. The monoisotopic (exact) mass is 535 g/mol. The first-order valence-electron chi connectivity index (χ1n) is 12.8. The van der Waals surface area contributed by atoms with Crippen molar-refractivity contribution in [3.8, 4) is 0 Å². The van der Waals surface area contributed by atoms with E-state index in [0.29, 0.717) is 30.6 Å². The van der Waals surface area contributed by atoms with Gasteiger partial charge in [0.05, 0.1) is 5.56 Å². The first-order valence-corrected chi connectivity index (χ1v) is 14.3. The van der Waals surface area contributed by atoms with E-state index in [9.17, 15) is 13.2 Å². The van der Waals surface area contributed by atoms with Gasteiger partial charge in [0.2, 0.25) is 0 Å². The lowest BCUT2D eigenvalue weighted by atomic mass is 9.97. The molecule has 0 radical (unpaired) electrons. The molecule has 10 nitrogen and oxygen atoms in total. The lowest BCUT2D eigenvalue weighted by Crippen LogP contribution is -2.47. The first-order chi connectivity index (χ1) is 18.1. The molecule has 5 rings (SSSR count). The van der Waals surface area contributed by atoms with E-state index >= 15 is 0 Å². The van der Waals surface area contributed by atoms with Crippen LogP contribution < -0.4 is 19.4 Å². The zero-order valence-corrected chi connectivity index (χ0v) is 22.7. The van der Waals surface area contributed by atoms with E-state index in [1.165, 1.54) is 6.07 Å².